The van der Waals surface area contributed by atoms with Crippen LogP contribution in [0.25, 0.3) is 10.2 Å². The normalized spacial score (nSPS) is 9.87. The van der Waals surface area contributed by atoms with Crippen LogP contribution in [0.3, 0.4) is 0 Å². The van der Waals surface area contributed by atoms with Crippen molar-refractivity contribution in [2.75, 3.05) is 19.0 Å². The van der Waals surface area contributed by atoms with Gasteiger partial charge in [-0.1, -0.05) is 5.92 Å². The van der Waals surface area contributed by atoms with Crippen molar-refractivity contribution < 1.29 is 4.74 Å². The van der Waals surface area contributed by atoms with Gasteiger partial charge in [0.2, 0.25) is 11.8 Å². The number of thiophene rings is 1. The number of ether oxygens (including phenoxy) is 1. The van der Waals surface area contributed by atoms with Crippen molar-refractivity contribution >= 4 is 27.5 Å². The van der Waals surface area contributed by atoms with Crippen molar-refractivity contribution in [1.82, 2.24) is 9.97 Å². The Morgan fingerprint density at radius 1 is 1.60 bits per heavy atom. The summed E-state index contributed by atoms with van der Waals surface area (Å²) in [5.41, 5.74) is 0. The van der Waals surface area contributed by atoms with Crippen molar-refractivity contribution in [3.05, 3.63) is 11.4 Å². The van der Waals surface area contributed by atoms with Crippen LogP contribution in [0.5, 0.6) is 5.88 Å². The lowest BCUT2D eigenvalue weighted by molar-refractivity contribution is 0.360. The van der Waals surface area contributed by atoms with E-state index < -0.39 is 0 Å². The molecule has 0 saturated carbocycles. The van der Waals surface area contributed by atoms with Crippen LogP contribution < -0.4 is 10.1 Å². The summed E-state index contributed by atoms with van der Waals surface area (Å²) in [6.45, 7) is 0.213. The maximum atomic E-state index is 5.35. The predicted octanol–water partition coefficient (Wildman–Crippen LogP) is 1.74. The summed E-state index contributed by atoms with van der Waals surface area (Å²) < 4.78 is 5.35. The number of rotatable bonds is 3. The second-order valence-electron chi connectivity index (χ2n) is 2.73. The van der Waals surface area contributed by atoms with Crippen LogP contribution in [-0.4, -0.2) is 23.6 Å². The van der Waals surface area contributed by atoms with E-state index >= 15 is 0 Å². The zero-order chi connectivity index (χ0) is 10.7. The van der Waals surface area contributed by atoms with E-state index in [1.807, 2.05) is 11.4 Å². The second kappa shape index (κ2) is 4.15. The number of aromatic nitrogens is 2. The third-order valence-electron chi connectivity index (χ3n) is 1.81. The number of hydrogen-bond donors (Lipinski definition) is 1. The molecule has 1 N–H and O–H groups in total. The first-order valence-electron chi connectivity index (χ1n) is 4.34. The van der Waals surface area contributed by atoms with Gasteiger partial charge >= 0.3 is 0 Å². The van der Waals surface area contributed by atoms with Gasteiger partial charge in [0.15, 0.2) is 6.61 Å². The molecule has 0 saturated heterocycles. The van der Waals surface area contributed by atoms with Gasteiger partial charge in [-0.25, -0.2) is 4.98 Å². The molecule has 15 heavy (non-hydrogen) atoms. The third-order valence-corrected chi connectivity index (χ3v) is 2.61. The molecule has 76 valence electrons. The van der Waals surface area contributed by atoms with Gasteiger partial charge in [-0.3, -0.25) is 0 Å². The Bertz CT molecular complexity index is 515. The van der Waals surface area contributed by atoms with Gasteiger partial charge in [0, 0.05) is 7.05 Å². The molecule has 0 atom stereocenters. The third kappa shape index (κ3) is 1.85. The molecular formula is C10H9N3OS. The quantitative estimate of drug-likeness (QED) is 0.799. The van der Waals surface area contributed by atoms with Gasteiger partial charge in [-0.05, 0) is 11.4 Å². The molecule has 0 aliphatic rings. The highest BCUT2D eigenvalue weighted by Gasteiger charge is 2.08. The Balaban J connectivity index is 2.49. The lowest BCUT2D eigenvalue weighted by Crippen LogP contribution is -2.01. The number of nitrogens with one attached hydrogen (secondary N) is 1. The van der Waals surface area contributed by atoms with E-state index in [0.29, 0.717) is 11.8 Å². The largest absolute Gasteiger partial charge is 0.464 e. The van der Waals surface area contributed by atoms with Gasteiger partial charge in [0.1, 0.15) is 4.83 Å². The molecule has 0 aromatic carbocycles. The minimum absolute atomic E-state index is 0.213. The number of anilines is 1. The molecular weight excluding hydrogens is 210 g/mol. The highest BCUT2D eigenvalue weighted by Crippen LogP contribution is 2.27. The van der Waals surface area contributed by atoms with E-state index in [-0.39, 0.29) is 6.61 Å². The highest BCUT2D eigenvalue weighted by molar-refractivity contribution is 7.16. The standard InChI is InChI=1S/C10H9N3OS/c1-3-5-14-8-7-4-6-15-9(7)13-10(11-2)12-8/h1,4,6H,5H2,2H3,(H,11,12,13). The number of terminal acetylenes is 1. The van der Waals surface area contributed by atoms with E-state index in [9.17, 15) is 0 Å². The fraction of sp³-hybridized carbons (Fsp3) is 0.200. The van der Waals surface area contributed by atoms with E-state index in [0.717, 1.165) is 10.2 Å². The molecule has 2 rings (SSSR count). The smallest absolute Gasteiger partial charge is 0.228 e. The lowest BCUT2D eigenvalue weighted by atomic mass is 10.4. The number of fused-ring (bicyclic) bond motifs is 1. The Morgan fingerprint density at radius 2 is 2.47 bits per heavy atom. The topological polar surface area (TPSA) is 47.0 Å². The molecule has 2 aromatic rings. The molecule has 2 aromatic heterocycles. The first-order valence-corrected chi connectivity index (χ1v) is 5.22. The van der Waals surface area contributed by atoms with Gasteiger partial charge in [0.05, 0.1) is 5.39 Å². The minimum atomic E-state index is 0.213. The molecule has 0 aliphatic heterocycles. The first-order chi connectivity index (χ1) is 7.35. The van der Waals surface area contributed by atoms with E-state index in [1.165, 1.54) is 0 Å². The van der Waals surface area contributed by atoms with Gasteiger partial charge < -0.3 is 10.1 Å². The summed E-state index contributed by atoms with van der Waals surface area (Å²) in [5, 5.41) is 5.72. The maximum absolute atomic E-state index is 5.35. The predicted molar refractivity (Wildman–Crippen MR) is 61.3 cm³/mol. The minimum Gasteiger partial charge on any atom is -0.464 e. The molecule has 4 nitrogen and oxygen atoms in total. The summed E-state index contributed by atoms with van der Waals surface area (Å²) in [6.07, 6.45) is 5.13. The van der Waals surface area contributed by atoms with Crippen LogP contribution in [0, 0.1) is 12.3 Å². The number of nitrogens with zero attached hydrogens (tertiary/aromatic N) is 2. The van der Waals surface area contributed by atoms with Crippen LogP contribution in [0.4, 0.5) is 5.95 Å². The Kier molecular flexibility index (Phi) is 2.70. The lowest BCUT2D eigenvalue weighted by Gasteiger charge is -2.04. The second-order valence-corrected chi connectivity index (χ2v) is 3.63. The first kappa shape index (κ1) is 9.74. The van der Waals surface area contributed by atoms with Crippen LogP contribution in [0.1, 0.15) is 0 Å². The summed E-state index contributed by atoms with van der Waals surface area (Å²) in [4.78, 5) is 9.37. The zero-order valence-electron chi connectivity index (χ0n) is 8.15. The van der Waals surface area contributed by atoms with Crippen molar-refractivity contribution in [3.8, 4) is 18.2 Å². The Morgan fingerprint density at radius 3 is 3.20 bits per heavy atom. The molecule has 0 bridgehead atoms. The average Bonchev–Trinajstić information content (AvgIpc) is 2.73. The Labute approximate surface area is 91.3 Å². The van der Waals surface area contributed by atoms with Crippen LogP contribution in [0.15, 0.2) is 11.4 Å². The monoisotopic (exact) mass is 219 g/mol. The van der Waals surface area contributed by atoms with Crippen molar-refractivity contribution in [2.24, 2.45) is 0 Å². The van der Waals surface area contributed by atoms with E-state index in [4.69, 9.17) is 11.2 Å². The van der Waals surface area contributed by atoms with Crippen LogP contribution >= 0.6 is 11.3 Å². The summed E-state index contributed by atoms with van der Waals surface area (Å²) in [5.74, 6) is 3.48. The SMILES string of the molecule is C#CCOc1nc(NC)nc2sccc12. The molecule has 0 spiro atoms. The molecule has 0 amide bonds. The molecule has 0 fully saturated rings. The summed E-state index contributed by atoms with van der Waals surface area (Å²) in [6, 6.07) is 1.92. The molecule has 0 aliphatic carbocycles. The summed E-state index contributed by atoms with van der Waals surface area (Å²) in [7, 11) is 1.76. The Hall–Kier alpha value is -1.80. The molecule has 5 heteroatoms. The zero-order valence-corrected chi connectivity index (χ0v) is 8.97. The van der Waals surface area contributed by atoms with Gasteiger partial charge in [-0.2, -0.15) is 4.98 Å². The molecule has 2 heterocycles. The fourth-order valence-electron chi connectivity index (χ4n) is 1.16. The fourth-order valence-corrected chi connectivity index (χ4v) is 1.91. The molecule has 0 unspecified atom stereocenters. The average molecular weight is 219 g/mol. The van der Waals surface area contributed by atoms with E-state index in [1.54, 1.807) is 18.4 Å². The van der Waals surface area contributed by atoms with Crippen molar-refractivity contribution in [3.63, 3.8) is 0 Å². The van der Waals surface area contributed by atoms with Crippen molar-refractivity contribution in [1.29, 1.82) is 0 Å². The van der Waals surface area contributed by atoms with E-state index in [2.05, 4.69) is 21.2 Å². The number of hydrogen-bond acceptors (Lipinski definition) is 5. The van der Waals surface area contributed by atoms with Gasteiger partial charge in [-0.15, -0.1) is 17.8 Å². The highest BCUT2D eigenvalue weighted by atomic mass is 32.1. The van der Waals surface area contributed by atoms with Crippen LogP contribution in [-0.2, 0) is 0 Å². The van der Waals surface area contributed by atoms with Crippen LogP contribution in [0.2, 0.25) is 0 Å². The molecule has 0 radical (unpaired) electrons. The van der Waals surface area contributed by atoms with Gasteiger partial charge in [0.25, 0.3) is 0 Å². The maximum Gasteiger partial charge on any atom is 0.228 e. The summed E-state index contributed by atoms with van der Waals surface area (Å²) >= 11 is 1.54. The van der Waals surface area contributed by atoms with Crippen molar-refractivity contribution in [2.45, 2.75) is 0 Å².